The summed E-state index contributed by atoms with van der Waals surface area (Å²) in [6, 6.07) is 10.7. The summed E-state index contributed by atoms with van der Waals surface area (Å²) in [4.78, 5) is 25.5. The molecule has 1 N–H and O–H groups in total. The van der Waals surface area contributed by atoms with Crippen LogP contribution in [0.15, 0.2) is 42.4 Å². The average molecular weight is 496 g/mol. The van der Waals surface area contributed by atoms with E-state index < -0.39 is 25.9 Å². The van der Waals surface area contributed by atoms with Gasteiger partial charge in [0.25, 0.3) is 11.9 Å². The molecule has 2 aliphatic heterocycles. The third-order valence-corrected chi connectivity index (χ3v) is 10.2. The van der Waals surface area contributed by atoms with Gasteiger partial charge in [-0.25, -0.2) is 0 Å². The highest BCUT2D eigenvalue weighted by Crippen LogP contribution is 2.42. The molecular formula is C27H33NO6Si. The minimum absolute atomic E-state index is 0.0146. The van der Waals surface area contributed by atoms with Crippen LogP contribution in [-0.2, 0) is 14.3 Å². The van der Waals surface area contributed by atoms with E-state index in [9.17, 15) is 9.59 Å². The lowest BCUT2D eigenvalue weighted by Crippen LogP contribution is -2.37. The summed E-state index contributed by atoms with van der Waals surface area (Å²) in [7, 11) is 1.47. The zero-order valence-corrected chi connectivity index (χ0v) is 22.4. The van der Waals surface area contributed by atoms with E-state index in [4.69, 9.17) is 18.9 Å². The number of para-hydroxylation sites is 1. The second-order valence-corrected chi connectivity index (χ2v) is 14.9. The van der Waals surface area contributed by atoms with Gasteiger partial charge in [0, 0.05) is 0 Å². The topological polar surface area (TPSA) is 83.1 Å². The lowest BCUT2D eigenvalue weighted by molar-refractivity contribution is -0.134. The highest BCUT2D eigenvalue weighted by molar-refractivity contribution is 6.91. The van der Waals surface area contributed by atoms with E-state index in [-0.39, 0.29) is 5.95 Å². The maximum atomic E-state index is 12.9. The van der Waals surface area contributed by atoms with Gasteiger partial charge in [-0.2, -0.15) is 0 Å². The van der Waals surface area contributed by atoms with Crippen LogP contribution in [0.2, 0.25) is 19.1 Å². The number of anilines is 1. The van der Waals surface area contributed by atoms with Gasteiger partial charge in [-0.15, -0.1) is 0 Å². The van der Waals surface area contributed by atoms with Crippen molar-refractivity contribution in [3.8, 4) is 17.2 Å². The van der Waals surface area contributed by atoms with Crippen molar-refractivity contribution in [3.05, 3.63) is 53.5 Å². The molecule has 0 saturated heterocycles. The van der Waals surface area contributed by atoms with E-state index in [1.807, 2.05) is 6.92 Å². The number of ether oxygens (including phenoxy) is 4. The van der Waals surface area contributed by atoms with E-state index in [1.165, 1.54) is 37.1 Å². The van der Waals surface area contributed by atoms with Crippen LogP contribution in [0.25, 0.3) is 0 Å². The Balaban J connectivity index is 1.52. The molecule has 186 valence electrons. The summed E-state index contributed by atoms with van der Waals surface area (Å²) >= 11 is 0. The Morgan fingerprint density at radius 3 is 2.37 bits per heavy atom. The summed E-state index contributed by atoms with van der Waals surface area (Å²) < 4.78 is 22.3. The van der Waals surface area contributed by atoms with Crippen molar-refractivity contribution in [2.75, 3.05) is 19.5 Å². The number of carbonyl (C=O) groups excluding carboxylic acids is 2. The Kier molecular flexibility index (Phi) is 6.68. The van der Waals surface area contributed by atoms with Crippen LogP contribution in [0.3, 0.4) is 0 Å². The number of nitrogens with one attached hydrogen (secondary N) is 1. The first kappa shape index (κ1) is 24.8. The van der Waals surface area contributed by atoms with E-state index in [0.717, 1.165) is 5.56 Å². The van der Waals surface area contributed by atoms with Crippen LogP contribution >= 0.6 is 0 Å². The van der Waals surface area contributed by atoms with Gasteiger partial charge in [0.1, 0.15) is 22.9 Å². The van der Waals surface area contributed by atoms with Gasteiger partial charge < -0.3 is 24.3 Å². The SMILES string of the molecule is COc1cccc(OC)c1NC(=O)C1OC(Oc2cc3c(cc2C)[Si](C)(C)CC3C(C)C)=CC1=O. The molecule has 0 spiro atoms. The first-order valence-corrected chi connectivity index (χ1v) is 15.0. The van der Waals surface area contributed by atoms with Crippen LogP contribution in [0.4, 0.5) is 5.69 Å². The van der Waals surface area contributed by atoms with Crippen LogP contribution in [0, 0.1) is 12.8 Å². The highest BCUT2D eigenvalue weighted by Gasteiger charge is 2.41. The van der Waals surface area contributed by atoms with Gasteiger partial charge in [0.15, 0.2) is 0 Å². The number of carbonyl (C=O) groups is 2. The normalized spacial score (nSPS) is 20.2. The fraction of sp³-hybridized carbons (Fsp3) is 0.407. The molecule has 0 saturated carbocycles. The monoisotopic (exact) mass is 495 g/mol. The number of methoxy groups -OCH3 is 2. The zero-order chi connectivity index (χ0) is 25.5. The first-order chi connectivity index (χ1) is 16.6. The van der Waals surface area contributed by atoms with Crippen molar-refractivity contribution in [3.63, 3.8) is 0 Å². The molecule has 0 aromatic heterocycles. The van der Waals surface area contributed by atoms with Gasteiger partial charge in [-0.3, -0.25) is 9.59 Å². The number of amides is 1. The maximum absolute atomic E-state index is 12.9. The summed E-state index contributed by atoms with van der Waals surface area (Å²) in [5.74, 6) is 1.38. The lowest BCUT2D eigenvalue weighted by atomic mass is 9.90. The summed E-state index contributed by atoms with van der Waals surface area (Å²) in [5, 5.41) is 4.16. The van der Waals surface area contributed by atoms with Crippen molar-refractivity contribution in [2.24, 2.45) is 5.92 Å². The third kappa shape index (κ3) is 4.67. The van der Waals surface area contributed by atoms with Crippen molar-refractivity contribution >= 4 is 30.6 Å². The quantitative estimate of drug-likeness (QED) is 0.450. The van der Waals surface area contributed by atoms with Crippen molar-refractivity contribution in [1.82, 2.24) is 0 Å². The fourth-order valence-electron chi connectivity index (χ4n) is 4.98. The van der Waals surface area contributed by atoms with E-state index in [1.54, 1.807) is 18.2 Å². The first-order valence-electron chi connectivity index (χ1n) is 11.8. The molecule has 4 rings (SSSR count). The van der Waals surface area contributed by atoms with Crippen LogP contribution < -0.4 is 24.7 Å². The highest BCUT2D eigenvalue weighted by atomic mass is 28.3. The van der Waals surface area contributed by atoms with Gasteiger partial charge >= 0.3 is 0 Å². The van der Waals surface area contributed by atoms with Crippen LogP contribution in [-0.4, -0.2) is 40.1 Å². The molecule has 2 heterocycles. The largest absolute Gasteiger partial charge is 0.494 e. The molecule has 1 amide bonds. The summed E-state index contributed by atoms with van der Waals surface area (Å²) in [5.41, 5.74) is 2.64. The molecule has 0 radical (unpaired) electrons. The standard InChI is InChI=1S/C27H33NO6Si/c1-15(2)18-14-35(6,7)23-11-16(3)22(12-17(18)23)33-24-13-19(29)26(34-24)27(30)28-25-20(31-4)9-8-10-21(25)32-5/h8-13,15,18,26H,14H2,1-7H3,(H,28,30). The molecule has 2 unspecified atom stereocenters. The number of fused-ring (bicyclic) bond motifs is 1. The molecule has 0 aliphatic carbocycles. The zero-order valence-electron chi connectivity index (χ0n) is 21.4. The Bertz CT molecular complexity index is 1180. The smallest absolute Gasteiger partial charge is 0.289 e. The number of ketones is 1. The molecule has 8 heteroatoms. The Morgan fingerprint density at radius 1 is 1.11 bits per heavy atom. The van der Waals surface area contributed by atoms with E-state index >= 15 is 0 Å². The summed E-state index contributed by atoms with van der Waals surface area (Å²) in [6.07, 6.45) is -0.126. The molecule has 0 bridgehead atoms. The van der Waals surface area contributed by atoms with E-state index in [2.05, 4.69) is 44.4 Å². The molecule has 7 nitrogen and oxygen atoms in total. The molecule has 35 heavy (non-hydrogen) atoms. The Hall–Kier alpha value is -3.26. The molecule has 0 fully saturated rings. The second kappa shape index (κ2) is 9.41. The molecule has 2 aromatic rings. The minimum atomic E-state index is -1.50. The van der Waals surface area contributed by atoms with Crippen molar-refractivity contribution < 1.29 is 28.5 Å². The van der Waals surface area contributed by atoms with Crippen molar-refractivity contribution in [2.45, 2.75) is 51.9 Å². The molecule has 2 aromatic carbocycles. The number of hydrogen-bond donors (Lipinski definition) is 1. The second-order valence-electron chi connectivity index (χ2n) is 10.1. The van der Waals surface area contributed by atoms with Crippen LogP contribution in [0.5, 0.6) is 17.2 Å². The number of benzene rings is 2. The maximum Gasteiger partial charge on any atom is 0.289 e. The van der Waals surface area contributed by atoms with Gasteiger partial charge in [-0.05, 0) is 54.1 Å². The molecular weight excluding hydrogens is 462 g/mol. The number of aryl methyl sites for hydroxylation is 1. The lowest BCUT2D eigenvalue weighted by Gasteiger charge is -2.19. The predicted octanol–water partition coefficient (Wildman–Crippen LogP) is 4.51. The summed E-state index contributed by atoms with van der Waals surface area (Å²) in [6.45, 7) is 11.3. The molecule has 2 atom stereocenters. The number of hydrogen-bond acceptors (Lipinski definition) is 6. The van der Waals surface area contributed by atoms with Gasteiger partial charge in [0.05, 0.1) is 28.4 Å². The predicted molar refractivity (Wildman–Crippen MR) is 137 cm³/mol. The number of rotatable bonds is 7. The van der Waals surface area contributed by atoms with Crippen LogP contribution in [0.1, 0.15) is 30.9 Å². The Morgan fingerprint density at radius 2 is 1.77 bits per heavy atom. The molecule has 2 aliphatic rings. The third-order valence-electron chi connectivity index (χ3n) is 6.89. The Labute approximate surface area is 207 Å². The van der Waals surface area contributed by atoms with Crippen molar-refractivity contribution in [1.29, 1.82) is 0 Å². The van der Waals surface area contributed by atoms with Gasteiger partial charge in [-0.1, -0.05) is 44.3 Å². The fourth-order valence-corrected chi connectivity index (χ4v) is 8.64. The average Bonchev–Trinajstić information content (AvgIpc) is 3.30. The van der Waals surface area contributed by atoms with E-state index in [0.29, 0.717) is 34.8 Å². The van der Waals surface area contributed by atoms with Gasteiger partial charge in [0.2, 0.25) is 11.9 Å². The minimum Gasteiger partial charge on any atom is -0.494 e.